The van der Waals surface area contributed by atoms with Crippen molar-refractivity contribution < 1.29 is 9.53 Å². The predicted octanol–water partition coefficient (Wildman–Crippen LogP) is 3.16. The van der Waals surface area contributed by atoms with Crippen LogP contribution in [-0.2, 0) is 0 Å². The van der Waals surface area contributed by atoms with Gasteiger partial charge in [-0.15, -0.1) is 0 Å². The number of rotatable bonds is 5. The molecule has 110 valence electrons. The topological polar surface area (TPSA) is 63.2 Å². The maximum Gasteiger partial charge on any atom is 0.257 e. The van der Waals surface area contributed by atoms with E-state index in [1.165, 1.54) is 6.20 Å². The number of anilines is 2. The SMILES string of the molecule is COc1ccccc1NC(=O)c1cncc(NC(C)C)c1. The Kier molecular flexibility index (Phi) is 4.77. The van der Waals surface area contributed by atoms with Crippen LogP contribution < -0.4 is 15.4 Å². The van der Waals surface area contributed by atoms with E-state index < -0.39 is 0 Å². The Morgan fingerprint density at radius 3 is 2.71 bits per heavy atom. The summed E-state index contributed by atoms with van der Waals surface area (Å²) in [6, 6.07) is 9.33. The molecule has 0 radical (unpaired) electrons. The average molecular weight is 285 g/mol. The zero-order valence-corrected chi connectivity index (χ0v) is 12.4. The Bertz CT molecular complexity index is 626. The van der Waals surface area contributed by atoms with Crippen LogP contribution in [-0.4, -0.2) is 24.0 Å². The fourth-order valence-corrected chi connectivity index (χ4v) is 1.92. The number of carbonyl (C=O) groups excluding carboxylic acids is 1. The lowest BCUT2D eigenvalue weighted by Crippen LogP contribution is -2.15. The van der Waals surface area contributed by atoms with Gasteiger partial charge in [-0.2, -0.15) is 0 Å². The molecule has 0 unspecified atom stereocenters. The monoisotopic (exact) mass is 285 g/mol. The fourth-order valence-electron chi connectivity index (χ4n) is 1.92. The molecule has 0 saturated heterocycles. The number of amides is 1. The Balaban J connectivity index is 2.16. The largest absolute Gasteiger partial charge is 0.495 e. The Morgan fingerprint density at radius 1 is 1.24 bits per heavy atom. The summed E-state index contributed by atoms with van der Waals surface area (Å²) in [5, 5.41) is 6.05. The lowest BCUT2D eigenvalue weighted by Gasteiger charge is -2.12. The minimum absolute atomic E-state index is 0.223. The molecule has 1 aromatic carbocycles. The fraction of sp³-hybridized carbons (Fsp3) is 0.250. The van der Waals surface area contributed by atoms with Gasteiger partial charge in [-0.25, -0.2) is 0 Å². The number of carbonyl (C=O) groups is 1. The lowest BCUT2D eigenvalue weighted by molar-refractivity contribution is 0.102. The minimum atomic E-state index is -0.223. The zero-order chi connectivity index (χ0) is 15.2. The highest BCUT2D eigenvalue weighted by Crippen LogP contribution is 2.23. The van der Waals surface area contributed by atoms with Gasteiger partial charge in [0.1, 0.15) is 5.75 Å². The van der Waals surface area contributed by atoms with Crippen molar-refractivity contribution in [3.63, 3.8) is 0 Å². The van der Waals surface area contributed by atoms with E-state index in [0.717, 1.165) is 5.69 Å². The number of pyridine rings is 1. The number of hydrogen-bond donors (Lipinski definition) is 2. The van der Waals surface area contributed by atoms with Crippen molar-refractivity contribution in [1.82, 2.24) is 4.98 Å². The predicted molar refractivity (Wildman–Crippen MR) is 83.9 cm³/mol. The highest BCUT2D eigenvalue weighted by molar-refractivity contribution is 6.05. The van der Waals surface area contributed by atoms with Crippen molar-refractivity contribution in [2.45, 2.75) is 19.9 Å². The molecule has 0 fully saturated rings. The average Bonchev–Trinajstić information content (AvgIpc) is 2.47. The molecule has 1 aromatic heterocycles. The molecule has 2 N–H and O–H groups in total. The van der Waals surface area contributed by atoms with E-state index in [4.69, 9.17) is 4.74 Å². The Hall–Kier alpha value is -2.56. The number of methoxy groups -OCH3 is 1. The zero-order valence-electron chi connectivity index (χ0n) is 12.4. The van der Waals surface area contributed by atoms with Crippen molar-refractivity contribution in [2.75, 3.05) is 17.7 Å². The molecule has 1 amide bonds. The van der Waals surface area contributed by atoms with E-state index in [1.807, 2.05) is 26.0 Å². The first-order valence-electron chi connectivity index (χ1n) is 6.76. The highest BCUT2D eigenvalue weighted by Gasteiger charge is 2.10. The van der Waals surface area contributed by atoms with E-state index in [0.29, 0.717) is 17.0 Å². The van der Waals surface area contributed by atoms with Gasteiger partial charge in [0.05, 0.1) is 24.0 Å². The molecule has 2 aromatic rings. The molecule has 0 bridgehead atoms. The van der Waals surface area contributed by atoms with Crippen LogP contribution in [0.5, 0.6) is 5.75 Å². The van der Waals surface area contributed by atoms with Gasteiger partial charge in [0.15, 0.2) is 0 Å². The third kappa shape index (κ3) is 3.95. The van der Waals surface area contributed by atoms with Gasteiger partial charge in [-0.1, -0.05) is 12.1 Å². The quantitative estimate of drug-likeness (QED) is 0.885. The van der Waals surface area contributed by atoms with Crippen LogP contribution in [0.15, 0.2) is 42.7 Å². The van der Waals surface area contributed by atoms with Gasteiger partial charge < -0.3 is 15.4 Å². The summed E-state index contributed by atoms with van der Waals surface area (Å²) < 4.78 is 5.22. The molecule has 5 heteroatoms. The second-order valence-electron chi connectivity index (χ2n) is 4.92. The van der Waals surface area contributed by atoms with Gasteiger partial charge in [0, 0.05) is 18.4 Å². The lowest BCUT2D eigenvalue weighted by atomic mass is 10.2. The van der Waals surface area contributed by atoms with E-state index in [2.05, 4.69) is 15.6 Å². The maximum absolute atomic E-state index is 12.3. The van der Waals surface area contributed by atoms with Crippen molar-refractivity contribution in [3.05, 3.63) is 48.3 Å². The van der Waals surface area contributed by atoms with Gasteiger partial charge in [0.25, 0.3) is 5.91 Å². The van der Waals surface area contributed by atoms with Crippen molar-refractivity contribution in [3.8, 4) is 5.75 Å². The van der Waals surface area contributed by atoms with Crippen LogP contribution in [0.3, 0.4) is 0 Å². The summed E-state index contributed by atoms with van der Waals surface area (Å²) in [6.07, 6.45) is 3.23. The van der Waals surface area contributed by atoms with Crippen LogP contribution >= 0.6 is 0 Å². The maximum atomic E-state index is 12.3. The molecular formula is C16H19N3O2. The summed E-state index contributed by atoms with van der Waals surface area (Å²) in [4.78, 5) is 16.4. The molecular weight excluding hydrogens is 266 g/mol. The van der Waals surface area contributed by atoms with E-state index in [-0.39, 0.29) is 11.9 Å². The number of hydrogen-bond acceptors (Lipinski definition) is 4. The summed E-state index contributed by atoms with van der Waals surface area (Å²) in [5.41, 5.74) is 1.94. The molecule has 0 spiro atoms. The van der Waals surface area contributed by atoms with Crippen LogP contribution in [0.2, 0.25) is 0 Å². The van der Waals surface area contributed by atoms with Gasteiger partial charge in [-0.05, 0) is 32.0 Å². The van der Waals surface area contributed by atoms with Crippen LogP contribution in [0.1, 0.15) is 24.2 Å². The molecule has 21 heavy (non-hydrogen) atoms. The van der Waals surface area contributed by atoms with E-state index >= 15 is 0 Å². The van der Waals surface area contributed by atoms with Crippen molar-refractivity contribution in [2.24, 2.45) is 0 Å². The summed E-state index contributed by atoms with van der Waals surface area (Å²) in [6.45, 7) is 4.06. The Labute approximate surface area is 124 Å². The van der Waals surface area contributed by atoms with Crippen LogP contribution in [0, 0.1) is 0 Å². The molecule has 2 rings (SSSR count). The van der Waals surface area contributed by atoms with Crippen molar-refractivity contribution in [1.29, 1.82) is 0 Å². The van der Waals surface area contributed by atoms with Gasteiger partial charge in [0.2, 0.25) is 0 Å². The van der Waals surface area contributed by atoms with Gasteiger partial charge >= 0.3 is 0 Å². The first-order valence-corrected chi connectivity index (χ1v) is 6.76. The first-order chi connectivity index (χ1) is 10.1. The molecule has 0 atom stereocenters. The summed E-state index contributed by atoms with van der Waals surface area (Å²) in [5.74, 6) is 0.398. The van der Waals surface area contributed by atoms with Crippen LogP contribution in [0.25, 0.3) is 0 Å². The summed E-state index contributed by atoms with van der Waals surface area (Å²) >= 11 is 0. The van der Waals surface area contributed by atoms with E-state index in [9.17, 15) is 4.79 Å². The number of nitrogens with one attached hydrogen (secondary N) is 2. The van der Waals surface area contributed by atoms with Gasteiger partial charge in [-0.3, -0.25) is 9.78 Å². The minimum Gasteiger partial charge on any atom is -0.495 e. The molecule has 5 nitrogen and oxygen atoms in total. The van der Waals surface area contributed by atoms with Crippen molar-refractivity contribution >= 4 is 17.3 Å². The standard InChI is InChI=1S/C16H19N3O2/c1-11(2)18-13-8-12(9-17-10-13)16(20)19-14-6-4-5-7-15(14)21-3/h4-11,18H,1-3H3,(H,19,20). The normalized spacial score (nSPS) is 10.3. The smallest absolute Gasteiger partial charge is 0.257 e. The second-order valence-corrected chi connectivity index (χ2v) is 4.92. The van der Waals surface area contributed by atoms with Crippen LogP contribution in [0.4, 0.5) is 11.4 Å². The number of benzene rings is 1. The number of para-hydroxylation sites is 2. The highest BCUT2D eigenvalue weighted by atomic mass is 16.5. The molecule has 0 aliphatic heterocycles. The third-order valence-electron chi connectivity index (χ3n) is 2.81. The third-order valence-corrected chi connectivity index (χ3v) is 2.81. The molecule has 0 aliphatic rings. The Morgan fingerprint density at radius 2 is 2.00 bits per heavy atom. The first kappa shape index (κ1) is 14.8. The van der Waals surface area contributed by atoms with E-state index in [1.54, 1.807) is 31.5 Å². The summed E-state index contributed by atoms with van der Waals surface area (Å²) in [7, 11) is 1.57. The second kappa shape index (κ2) is 6.74. The number of nitrogens with zero attached hydrogens (tertiary/aromatic N) is 1. The number of ether oxygens (including phenoxy) is 1. The molecule has 0 aliphatic carbocycles. The molecule has 1 heterocycles. The molecule has 0 saturated carbocycles. The number of aromatic nitrogens is 1.